The van der Waals surface area contributed by atoms with Crippen molar-refractivity contribution >= 4 is 17.5 Å². The van der Waals surface area contributed by atoms with E-state index in [0.29, 0.717) is 17.2 Å². The second-order valence-corrected chi connectivity index (χ2v) is 5.46. The zero-order chi connectivity index (χ0) is 18.9. The summed E-state index contributed by atoms with van der Waals surface area (Å²) in [6.45, 7) is 0.0644. The van der Waals surface area contributed by atoms with Gasteiger partial charge in [-0.15, -0.1) is 0 Å². The molecular weight excluding hydrogens is 336 g/mol. The van der Waals surface area contributed by atoms with Crippen LogP contribution in [-0.2, 0) is 16.1 Å². The molecule has 2 aromatic rings. The first kappa shape index (κ1) is 19.3. The minimum Gasteiger partial charge on any atom is -0.493 e. The predicted molar refractivity (Wildman–Crippen MR) is 97.1 cm³/mol. The predicted octanol–water partition coefficient (Wildman–Crippen LogP) is 1.66. The number of amides is 2. The fraction of sp³-hybridized carbons (Fsp3) is 0.263. The van der Waals surface area contributed by atoms with Crippen LogP contribution in [-0.4, -0.2) is 49.2 Å². The highest BCUT2D eigenvalue weighted by Crippen LogP contribution is 2.29. The Balaban J connectivity index is 2.09. The van der Waals surface area contributed by atoms with Gasteiger partial charge in [-0.25, -0.2) is 0 Å². The number of nitrogens with zero attached hydrogens (tertiary/aromatic N) is 1. The van der Waals surface area contributed by atoms with E-state index < -0.39 is 11.8 Å². The van der Waals surface area contributed by atoms with Crippen molar-refractivity contribution in [2.24, 2.45) is 0 Å². The molecule has 0 aliphatic rings. The summed E-state index contributed by atoms with van der Waals surface area (Å²) in [7, 11) is 2.99. The zero-order valence-corrected chi connectivity index (χ0v) is 14.8. The Morgan fingerprint density at radius 2 is 1.73 bits per heavy atom. The smallest absolute Gasteiger partial charge is 0.313 e. The van der Waals surface area contributed by atoms with Crippen LogP contribution in [0.1, 0.15) is 5.56 Å². The van der Waals surface area contributed by atoms with Gasteiger partial charge in [0.2, 0.25) is 0 Å². The molecule has 0 heterocycles. The molecule has 0 spiro atoms. The molecule has 0 atom stereocenters. The summed E-state index contributed by atoms with van der Waals surface area (Å²) in [5.74, 6) is -0.559. The monoisotopic (exact) mass is 358 g/mol. The maximum atomic E-state index is 12.5. The zero-order valence-electron chi connectivity index (χ0n) is 14.8. The summed E-state index contributed by atoms with van der Waals surface area (Å²) in [4.78, 5) is 26.1. The molecule has 26 heavy (non-hydrogen) atoms. The van der Waals surface area contributed by atoms with Crippen molar-refractivity contribution in [2.75, 3.05) is 32.7 Å². The number of carbonyl (C=O) groups is 2. The quantitative estimate of drug-likeness (QED) is 0.735. The SMILES string of the molecule is COc1ccc(NC(=O)C(=O)N(CCO)Cc2ccccc2)cc1OC. The van der Waals surface area contributed by atoms with Crippen molar-refractivity contribution in [2.45, 2.75) is 6.54 Å². The average Bonchev–Trinajstić information content (AvgIpc) is 2.67. The average molecular weight is 358 g/mol. The number of hydrogen-bond acceptors (Lipinski definition) is 5. The highest BCUT2D eigenvalue weighted by atomic mass is 16.5. The third-order valence-electron chi connectivity index (χ3n) is 3.71. The number of hydrogen-bond donors (Lipinski definition) is 2. The maximum absolute atomic E-state index is 12.5. The largest absolute Gasteiger partial charge is 0.493 e. The van der Waals surface area contributed by atoms with Crippen molar-refractivity contribution in [1.82, 2.24) is 4.90 Å². The van der Waals surface area contributed by atoms with Gasteiger partial charge in [-0.05, 0) is 17.7 Å². The number of anilines is 1. The molecule has 0 unspecified atom stereocenters. The Morgan fingerprint density at radius 1 is 1.04 bits per heavy atom. The number of aliphatic hydroxyl groups excluding tert-OH is 1. The third kappa shape index (κ3) is 4.97. The van der Waals surface area contributed by atoms with Crippen LogP contribution in [0.2, 0.25) is 0 Å². The van der Waals surface area contributed by atoms with E-state index in [4.69, 9.17) is 9.47 Å². The lowest BCUT2D eigenvalue weighted by Crippen LogP contribution is -2.40. The van der Waals surface area contributed by atoms with Gasteiger partial charge in [0.1, 0.15) is 0 Å². The van der Waals surface area contributed by atoms with E-state index in [-0.39, 0.29) is 19.7 Å². The van der Waals surface area contributed by atoms with Crippen molar-refractivity contribution in [1.29, 1.82) is 0 Å². The number of methoxy groups -OCH3 is 2. The lowest BCUT2D eigenvalue weighted by Gasteiger charge is -2.21. The second-order valence-electron chi connectivity index (χ2n) is 5.46. The number of nitrogens with one attached hydrogen (secondary N) is 1. The van der Waals surface area contributed by atoms with Crippen molar-refractivity contribution in [3.05, 3.63) is 54.1 Å². The van der Waals surface area contributed by atoms with Crippen LogP contribution in [0.5, 0.6) is 11.5 Å². The second kappa shape index (κ2) is 9.43. The fourth-order valence-corrected chi connectivity index (χ4v) is 2.42. The highest BCUT2D eigenvalue weighted by molar-refractivity contribution is 6.39. The molecule has 0 aromatic heterocycles. The van der Waals surface area contributed by atoms with Crippen molar-refractivity contribution < 1.29 is 24.2 Å². The van der Waals surface area contributed by atoms with Crippen LogP contribution in [0.4, 0.5) is 5.69 Å². The molecule has 2 N–H and O–H groups in total. The van der Waals surface area contributed by atoms with Gasteiger partial charge < -0.3 is 24.8 Å². The third-order valence-corrected chi connectivity index (χ3v) is 3.71. The van der Waals surface area contributed by atoms with Gasteiger partial charge in [0.15, 0.2) is 11.5 Å². The van der Waals surface area contributed by atoms with Crippen LogP contribution in [0.15, 0.2) is 48.5 Å². The van der Waals surface area contributed by atoms with E-state index >= 15 is 0 Å². The first-order valence-electron chi connectivity index (χ1n) is 8.06. The lowest BCUT2D eigenvalue weighted by molar-refractivity contribution is -0.143. The molecular formula is C19H22N2O5. The lowest BCUT2D eigenvalue weighted by atomic mass is 10.2. The normalized spacial score (nSPS) is 10.1. The molecule has 7 nitrogen and oxygen atoms in total. The Morgan fingerprint density at radius 3 is 2.35 bits per heavy atom. The maximum Gasteiger partial charge on any atom is 0.313 e. The summed E-state index contributed by atoms with van der Waals surface area (Å²) in [6, 6.07) is 14.1. The van der Waals surface area contributed by atoms with Gasteiger partial charge >= 0.3 is 11.8 Å². The summed E-state index contributed by atoms with van der Waals surface area (Å²) in [5, 5.41) is 11.8. The molecule has 0 bridgehead atoms. The summed E-state index contributed by atoms with van der Waals surface area (Å²) < 4.78 is 10.3. The van der Waals surface area contributed by atoms with Gasteiger partial charge in [0, 0.05) is 24.8 Å². The summed E-state index contributed by atoms with van der Waals surface area (Å²) in [6.07, 6.45) is 0. The number of aliphatic hydroxyl groups is 1. The molecule has 0 saturated heterocycles. The minimum atomic E-state index is -0.790. The van der Waals surface area contributed by atoms with Crippen molar-refractivity contribution in [3.8, 4) is 11.5 Å². The van der Waals surface area contributed by atoms with E-state index in [1.807, 2.05) is 30.3 Å². The Kier molecular flexibility index (Phi) is 6.99. The molecule has 0 radical (unpaired) electrons. The van der Waals surface area contributed by atoms with Gasteiger partial charge in [0.25, 0.3) is 0 Å². The van der Waals surface area contributed by atoms with Gasteiger partial charge in [-0.3, -0.25) is 9.59 Å². The number of rotatable bonds is 7. The number of benzene rings is 2. The van der Waals surface area contributed by atoms with Crippen LogP contribution in [0, 0.1) is 0 Å². The Hall–Kier alpha value is -3.06. The Labute approximate surface area is 152 Å². The minimum absolute atomic E-state index is 0.0626. The van der Waals surface area contributed by atoms with Gasteiger partial charge in [-0.2, -0.15) is 0 Å². The van der Waals surface area contributed by atoms with Crippen LogP contribution in [0.3, 0.4) is 0 Å². The highest BCUT2D eigenvalue weighted by Gasteiger charge is 2.22. The molecule has 7 heteroatoms. The molecule has 2 rings (SSSR count). The van der Waals surface area contributed by atoms with Crippen LogP contribution in [0.25, 0.3) is 0 Å². The molecule has 0 aliphatic carbocycles. The summed E-state index contributed by atoms with van der Waals surface area (Å²) in [5.41, 5.74) is 1.28. The number of carbonyl (C=O) groups excluding carboxylic acids is 2. The van der Waals surface area contributed by atoms with Gasteiger partial charge in [0.05, 0.1) is 20.8 Å². The van der Waals surface area contributed by atoms with E-state index in [9.17, 15) is 14.7 Å². The molecule has 2 aromatic carbocycles. The van der Waals surface area contributed by atoms with E-state index in [1.54, 1.807) is 18.2 Å². The first-order valence-corrected chi connectivity index (χ1v) is 8.06. The topological polar surface area (TPSA) is 88.1 Å². The van der Waals surface area contributed by atoms with Crippen molar-refractivity contribution in [3.63, 3.8) is 0 Å². The molecule has 2 amide bonds. The van der Waals surface area contributed by atoms with E-state index in [2.05, 4.69) is 5.32 Å². The van der Waals surface area contributed by atoms with Crippen LogP contribution >= 0.6 is 0 Å². The summed E-state index contributed by atoms with van der Waals surface area (Å²) >= 11 is 0. The standard InChI is InChI=1S/C19H22N2O5/c1-25-16-9-8-15(12-17(16)26-2)20-18(23)19(24)21(10-11-22)13-14-6-4-3-5-7-14/h3-9,12,22H,10-11,13H2,1-2H3,(H,20,23). The molecule has 0 saturated carbocycles. The number of ether oxygens (including phenoxy) is 2. The molecule has 0 aliphatic heterocycles. The Bertz CT molecular complexity index is 749. The van der Waals surface area contributed by atoms with Crippen LogP contribution < -0.4 is 14.8 Å². The molecule has 0 fully saturated rings. The fourth-order valence-electron chi connectivity index (χ4n) is 2.42. The van der Waals surface area contributed by atoms with E-state index in [1.165, 1.54) is 19.1 Å². The van der Waals surface area contributed by atoms with E-state index in [0.717, 1.165) is 5.56 Å². The molecule has 138 valence electrons. The van der Waals surface area contributed by atoms with Gasteiger partial charge in [-0.1, -0.05) is 30.3 Å². The first-order chi connectivity index (χ1) is 12.6.